The Balaban J connectivity index is 0.000000463. The second-order valence-electron chi connectivity index (χ2n) is 43.5. The molecule has 0 N–H and O–H groups in total. The molecule has 608 valence electrons. The summed E-state index contributed by atoms with van der Waals surface area (Å²) < 4.78 is 14.8. The Morgan fingerprint density at radius 1 is 0.193 bits per heavy atom. The molecule has 6 aromatic rings. The van der Waals surface area contributed by atoms with Gasteiger partial charge in [-0.05, 0) is 204 Å². The van der Waals surface area contributed by atoms with E-state index in [1.165, 1.54) is 38.5 Å². The van der Waals surface area contributed by atoms with Crippen LogP contribution in [0, 0.1) is 79.9 Å². The minimum Gasteiger partial charge on any atom is -0.872 e. The quantitative estimate of drug-likeness (QED) is 0.148. The Morgan fingerprint density at radius 2 is 0.303 bits per heavy atom. The first-order chi connectivity index (χ1) is 48.2. The van der Waals surface area contributed by atoms with Gasteiger partial charge in [-0.2, -0.15) is 0 Å². The minimum atomic E-state index is -0.831. The third-order valence-electron chi connectivity index (χ3n) is 21.1. The standard InChI is InChI=1S/2C43H64O3.3C4H8O.2Gd/c2*1-38(2,3)25-19-28(35(44)31(22-25)41(10,11)12)34(29-20-26(39(4,5)6)23-32(36(29)45)42(13,14)15)30-21-27(40(7,8)9)24-33(37(30)46)43(16,17)18;3*1-2-4-5-3-1;;/h2*19-24,34,44-46H,1-18H3;3*1-4H2;;/q;;;;;2*+3/p-6. The van der Waals surface area contributed by atoms with Gasteiger partial charge in [0, 0.05) is 51.5 Å². The van der Waals surface area contributed by atoms with Gasteiger partial charge in [-0.15, -0.1) is 34.5 Å². The zero-order valence-corrected chi connectivity index (χ0v) is 79.5. The van der Waals surface area contributed by atoms with E-state index in [1.54, 1.807) is 0 Å². The fraction of sp³-hybridized carbons (Fsp3) is 0.633. The second-order valence-corrected chi connectivity index (χ2v) is 43.5. The maximum absolute atomic E-state index is 14.8. The Labute approximate surface area is 729 Å². The van der Waals surface area contributed by atoms with E-state index in [9.17, 15) is 30.6 Å². The van der Waals surface area contributed by atoms with Crippen molar-refractivity contribution in [2.24, 2.45) is 0 Å². The minimum absolute atomic E-state index is 0. The van der Waals surface area contributed by atoms with Gasteiger partial charge < -0.3 is 44.8 Å². The molecule has 2 radical (unpaired) electrons. The van der Waals surface area contributed by atoms with Crippen LogP contribution in [0.1, 0.15) is 400 Å². The summed E-state index contributed by atoms with van der Waals surface area (Å²) >= 11 is 0. The van der Waals surface area contributed by atoms with Crippen molar-refractivity contribution in [2.45, 2.75) is 365 Å². The van der Waals surface area contributed by atoms with E-state index >= 15 is 0 Å². The summed E-state index contributed by atoms with van der Waals surface area (Å²) in [5.74, 6) is -2.24. The Morgan fingerprint density at radius 3 is 0.376 bits per heavy atom. The summed E-state index contributed by atoms with van der Waals surface area (Å²) in [6.45, 7) is 81.7. The zero-order chi connectivity index (χ0) is 82.1. The molecule has 11 heteroatoms. The SMILES string of the molecule is C1CCOC1.C1CCOC1.C1CCOC1.CC(C)(C)c1cc(C(c2cc(C(C)(C)C)cc(C(C)(C)C)c2[O-])c2cc(C(C)(C)C)cc(C(C)(C)C)c2[O-])c([O-])c(C(C)(C)C)c1.CC(C)(C)c1cc(C(c2cc(C(C)(C)C)cc(C(C)(C)C)c2[O-])c2cc(C(C)(C)C)cc(C(C)(C)C)c2[O-])c([O-])c(C(C)(C)C)c1.[Gd+3].[Gd+3]. The van der Waals surface area contributed by atoms with E-state index in [1.807, 2.05) is 72.8 Å². The first-order valence-corrected chi connectivity index (χ1v) is 40.1. The van der Waals surface area contributed by atoms with Gasteiger partial charge in [0.25, 0.3) is 0 Å². The number of benzene rings is 6. The molecule has 6 aromatic carbocycles. The van der Waals surface area contributed by atoms with Gasteiger partial charge in [0.2, 0.25) is 0 Å². The number of ether oxygens (including phenoxy) is 3. The largest absolute Gasteiger partial charge is 3.00 e. The predicted octanol–water partition coefficient (Wildman–Crippen LogP) is 22.1. The van der Waals surface area contributed by atoms with Crippen molar-refractivity contribution in [1.29, 1.82) is 0 Å². The Bertz CT molecular complexity index is 3300. The van der Waals surface area contributed by atoms with Crippen LogP contribution in [0.2, 0.25) is 0 Å². The molecule has 3 saturated heterocycles. The Hall–Kier alpha value is -3.35. The van der Waals surface area contributed by atoms with Gasteiger partial charge in [-0.25, -0.2) is 0 Å². The van der Waals surface area contributed by atoms with Gasteiger partial charge >= 0.3 is 79.9 Å². The van der Waals surface area contributed by atoms with Crippen molar-refractivity contribution in [3.8, 4) is 34.5 Å². The molecule has 3 aliphatic rings. The summed E-state index contributed by atoms with van der Waals surface area (Å²) in [6.07, 6.45) is 7.67. The fourth-order valence-electron chi connectivity index (χ4n) is 13.7. The average Bonchev–Trinajstić information content (AvgIpc) is 1.44. The van der Waals surface area contributed by atoms with Crippen molar-refractivity contribution in [3.63, 3.8) is 0 Å². The summed E-state index contributed by atoms with van der Waals surface area (Å²) in [5, 5.41) is 89.0. The van der Waals surface area contributed by atoms with Crippen LogP contribution in [-0.4, -0.2) is 39.6 Å². The predicted molar refractivity (Wildman–Crippen MR) is 442 cm³/mol. The summed E-state index contributed by atoms with van der Waals surface area (Å²) in [6, 6.07) is 24.2. The fourth-order valence-corrected chi connectivity index (χ4v) is 13.7. The summed E-state index contributed by atoms with van der Waals surface area (Å²) in [5.41, 5.74) is 9.11. The molecule has 3 aliphatic heterocycles. The molecule has 0 spiro atoms. The number of rotatable bonds is 6. The average molecular weight is 1780 g/mol. The van der Waals surface area contributed by atoms with Gasteiger partial charge in [0.1, 0.15) is 0 Å². The van der Waals surface area contributed by atoms with Crippen LogP contribution < -0.4 is 30.6 Å². The topological polar surface area (TPSA) is 166 Å². The van der Waals surface area contributed by atoms with Crippen molar-refractivity contribution in [1.82, 2.24) is 0 Å². The molecule has 109 heavy (non-hydrogen) atoms. The summed E-state index contributed by atoms with van der Waals surface area (Å²) in [4.78, 5) is 0. The monoisotopic (exact) mass is 1780 g/mol. The van der Waals surface area contributed by atoms with Gasteiger partial charge in [0.05, 0.1) is 0 Å². The molecule has 3 fully saturated rings. The second kappa shape index (κ2) is 37.3. The van der Waals surface area contributed by atoms with Crippen LogP contribution in [0.15, 0.2) is 72.8 Å². The molecular weight excluding hydrogens is 1640 g/mol. The molecular formula is C98H146Gd2O9. The molecule has 0 atom stereocenters. The molecule has 9 rings (SSSR count). The van der Waals surface area contributed by atoms with Crippen LogP contribution >= 0.6 is 0 Å². The third kappa shape index (κ3) is 26.6. The first kappa shape index (κ1) is 99.8. The molecule has 0 saturated carbocycles. The zero-order valence-electron chi connectivity index (χ0n) is 74.9. The Kier molecular flexibility index (Phi) is 34.2. The maximum atomic E-state index is 14.8. The third-order valence-corrected chi connectivity index (χ3v) is 21.1. The molecule has 0 aliphatic carbocycles. The van der Waals surface area contributed by atoms with E-state index in [4.69, 9.17) is 14.2 Å². The van der Waals surface area contributed by atoms with Crippen molar-refractivity contribution >= 4 is 0 Å². The van der Waals surface area contributed by atoms with E-state index in [-0.39, 0.29) is 147 Å². The van der Waals surface area contributed by atoms with E-state index in [0.717, 1.165) is 73.0 Å². The van der Waals surface area contributed by atoms with Crippen LogP contribution in [0.4, 0.5) is 0 Å². The van der Waals surface area contributed by atoms with Crippen LogP contribution in [-0.2, 0) is 79.2 Å². The summed E-state index contributed by atoms with van der Waals surface area (Å²) in [7, 11) is 0. The number of hydrogen-bond acceptors (Lipinski definition) is 9. The van der Waals surface area contributed by atoms with Gasteiger partial charge in [-0.3, -0.25) is 0 Å². The van der Waals surface area contributed by atoms with Crippen molar-refractivity contribution in [3.05, 3.63) is 173 Å². The smallest absolute Gasteiger partial charge is 0.872 e. The van der Waals surface area contributed by atoms with Crippen LogP contribution in [0.25, 0.3) is 0 Å². The van der Waals surface area contributed by atoms with Gasteiger partial charge in [-0.1, -0.05) is 322 Å². The van der Waals surface area contributed by atoms with Crippen molar-refractivity contribution in [2.75, 3.05) is 39.6 Å². The van der Waals surface area contributed by atoms with E-state index < -0.39 is 44.3 Å². The van der Waals surface area contributed by atoms with E-state index in [2.05, 4.69) is 249 Å². The van der Waals surface area contributed by atoms with Crippen LogP contribution in [0.3, 0.4) is 0 Å². The molecule has 0 bridgehead atoms. The molecule has 0 unspecified atom stereocenters. The van der Waals surface area contributed by atoms with Crippen LogP contribution in [0.5, 0.6) is 34.5 Å². The molecule has 9 nitrogen and oxygen atoms in total. The first-order valence-electron chi connectivity index (χ1n) is 40.1. The molecule has 3 heterocycles. The van der Waals surface area contributed by atoms with Gasteiger partial charge in [0.15, 0.2) is 0 Å². The van der Waals surface area contributed by atoms with E-state index in [0.29, 0.717) is 66.8 Å². The normalized spacial score (nSPS) is 15.0. The number of hydrogen-bond donors (Lipinski definition) is 0. The maximum Gasteiger partial charge on any atom is 3.00 e. The van der Waals surface area contributed by atoms with Crippen molar-refractivity contribution < 1.29 is 125 Å². The molecule has 0 aromatic heterocycles. The molecule has 0 amide bonds.